The maximum Gasteiger partial charge on any atom is 0.0540 e. The summed E-state index contributed by atoms with van der Waals surface area (Å²) < 4.78 is 0. The number of nitrogens with two attached hydrogens (primary N) is 2. The predicted molar refractivity (Wildman–Crippen MR) is 42.4 cm³/mol. The van der Waals surface area contributed by atoms with Crippen LogP contribution in [0.2, 0.25) is 0 Å². The zero-order valence-corrected chi connectivity index (χ0v) is 6.09. The molecule has 56 valence electrons. The van der Waals surface area contributed by atoms with E-state index in [1.54, 1.807) is 6.20 Å². The first-order valence-corrected chi connectivity index (χ1v) is 3.43. The number of hydrogen-bond acceptors (Lipinski definition) is 2. The van der Waals surface area contributed by atoms with Crippen molar-refractivity contribution in [3.8, 4) is 0 Å². The fourth-order valence-corrected chi connectivity index (χ4v) is 0.929. The van der Waals surface area contributed by atoms with Crippen molar-refractivity contribution in [2.75, 3.05) is 5.73 Å². The van der Waals surface area contributed by atoms with Crippen LogP contribution < -0.4 is 11.5 Å². The fraction of sp³-hybridized carbons (Fsp3) is 0.429. The molecule has 0 spiro atoms. The molecule has 0 aromatic carbocycles. The van der Waals surface area contributed by atoms with Gasteiger partial charge >= 0.3 is 0 Å². The molecule has 0 aliphatic rings. The zero-order valence-electron chi connectivity index (χ0n) is 6.09. The van der Waals surface area contributed by atoms with Crippen molar-refractivity contribution in [3.05, 3.63) is 18.0 Å². The minimum absolute atomic E-state index is 0.0752. The van der Waals surface area contributed by atoms with Gasteiger partial charge in [0, 0.05) is 24.0 Å². The summed E-state index contributed by atoms with van der Waals surface area (Å²) in [6, 6.07) is 0.0752. The Kier molecular flexibility index (Phi) is 1.97. The Labute approximate surface area is 60.4 Å². The van der Waals surface area contributed by atoms with Gasteiger partial charge in [-0.25, -0.2) is 0 Å². The smallest absolute Gasteiger partial charge is 0.0540 e. The van der Waals surface area contributed by atoms with Gasteiger partial charge in [0.15, 0.2) is 0 Å². The van der Waals surface area contributed by atoms with Gasteiger partial charge in [-0.2, -0.15) is 0 Å². The molecular formula is C7H13N3. The van der Waals surface area contributed by atoms with Crippen LogP contribution >= 0.6 is 0 Å². The van der Waals surface area contributed by atoms with Crippen LogP contribution in [0.5, 0.6) is 0 Å². The maximum absolute atomic E-state index is 5.74. The maximum atomic E-state index is 5.74. The average Bonchev–Trinajstić information content (AvgIpc) is 2.34. The molecule has 0 fully saturated rings. The number of H-pyrrole nitrogens is 1. The Morgan fingerprint density at radius 2 is 2.30 bits per heavy atom. The van der Waals surface area contributed by atoms with Gasteiger partial charge in [0.05, 0.1) is 5.69 Å². The van der Waals surface area contributed by atoms with E-state index < -0.39 is 0 Å². The molecule has 1 atom stereocenters. The van der Waals surface area contributed by atoms with Crippen molar-refractivity contribution < 1.29 is 0 Å². The predicted octanol–water partition coefficient (Wildman–Crippen LogP) is 1.01. The Morgan fingerprint density at radius 3 is 2.70 bits per heavy atom. The van der Waals surface area contributed by atoms with Crippen molar-refractivity contribution >= 4 is 5.69 Å². The third kappa shape index (κ3) is 1.14. The van der Waals surface area contributed by atoms with E-state index in [0.717, 1.165) is 17.7 Å². The molecule has 1 rings (SSSR count). The first-order valence-electron chi connectivity index (χ1n) is 3.43. The summed E-state index contributed by atoms with van der Waals surface area (Å²) in [5.74, 6) is 0. The molecule has 1 aromatic rings. The zero-order chi connectivity index (χ0) is 7.56. The number of nitrogen functional groups attached to an aromatic ring is 1. The van der Waals surface area contributed by atoms with E-state index in [2.05, 4.69) is 4.98 Å². The van der Waals surface area contributed by atoms with Crippen molar-refractivity contribution in [2.24, 2.45) is 5.73 Å². The molecule has 0 saturated heterocycles. The van der Waals surface area contributed by atoms with Crippen LogP contribution in [0.15, 0.2) is 12.4 Å². The summed E-state index contributed by atoms with van der Waals surface area (Å²) in [6.07, 6.45) is 4.52. The van der Waals surface area contributed by atoms with E-state index in [0.29, 0.717) is 0 Å². The Morgan fingerprint density at radius 1 is 1.60 bits per heavy atom. The third-order valence-corrected chi connectivity index (χ3v) is 1.65. The summed E-state index contributed by atoms with van der Waals surface area (Å²) in [6.45, 7) is 2.04. The van der Waals surface area contributed by atoms with Gasteiger partial charge in [-0.15, -0.1) is 0 Å². The lowest BCUT2D eigenvalue weighted by molar-refractivity contribution is 0.701. The van der Waals surface area contributed by atoms with Crippen molar-refractivity contribution in [1.82, 2.24) is 4.98 Å². The summed E-state index contributed by atoms with van der Waals surface area (Å²) in [4.78, 5) is 2.91. The van der Waals surface area contributed by atoms with E-state index >= 15 is 0 Å². The first-order chi connectivity index (χ1) is 4.75. The summed E-state index contributed by atoms with van der Waals surface area (Å²) >= 11 is 0. The van der Waals surface area contributed by atoms with Crippen LogP contribution in [-0.4, -0.2) is 4.98 Å². The quantitative estimate of drug-likeness (QED) is 0.572. The van der Waals surface area contributed by atoms with Gasteiger partial charge in [-0.1, -0.05) is 6.92 Å². The second kappa shape index (κ2) is 2.75. The molecule has 0 bridgehead atoms. The Balaban J connectivity index is 2.82. The number of hydrogen-bond donors (Lipinski definition) is 3. The topological polar surface area (TPSA) is 67.8 Å². The highest BCUT2D eigenvalue weighted by atomic mass is 14.8. The first kappa shape index (κ1) is 7.15. The molecule has 1 heterocycles. The largest absolute Gasteiger partial charge is 0.397 e. The number of anilines is 1. The van der Waals surface area contributed by atoms with E-state index in [4.69, 9.17) is 11.5 Å². The van der Waals surface area contributed by atoms with Crippen LogP contribution in [0.4, 0.5) is 5.69 Å². The second-order valence-corrected chi connectivity index (χ2v) is 2.38. The van der Waals surface area contributed by atoms with E-state index in [1.165, 1.54) is 0 Å². The summed E-state index contributed by atoms with van der Waals surface area (Å²) in [7, 11) is 0. The molecule has 0 unspecified atom stereocenters. The lowest BCUT2D eigenvalue weighted by Crippen LogP contribution is -2.09. The van der Waals surface area contributed by atoms with E-state index in [9.17, 15) is 0 Å². The monoisotopic (exact) mass is 139 g/mol. The summed E-state index contributed by atoms with van der Waals surface area (Å²) in [5.41, 5.74) is 13.1. The van der Waals surface area contributed by atoms with Crippen molar-refractivity contribution in [1.29, 1.82) is 0 Å². The molecule has 3 heteroatoms. The number of rotatable bonds is 2. The van der Waals surface area contributed by atoms with E-state index in [-0.39, 0.29) is 6.04 Å². The van der Waals surface area contributed by atoms with Gasteiger partial charge in [0.1, 0.15) is 0 Å². The Hall–Kier alpha value is -0.960. The lowest BCUT2D eigenvalue weighted by Gasteiger charge is -2.06. The molecule has 5 N–H and O–H groups in total. The highest BCUT2D eigenvalue weighted by Crippen LogP contribution is 2.19. The minimum Gasteiger partial charge on any atom is -0.397 e. The van der Waals surface area contributed by atoms with Crippen LogP contribution in [-0.2, 0) is 0 Å². The van der Waals surface area contributed by atoms with E-state index in [1.807, 2.05) is 13.1 Å². The average molecular weight is 139 g/mol. The second-order valence-electron chi connectivity index (χ2n) is 2.38. The SMILES string of the molecule is CC[C@H](N)c1c[nH]cc1N. The standard InChI is InChI=1S/C7H13N3/c1-2-6(8)5-3-10-4-7(5)9/h3-4,6,10H,2,8-9H2,1H3/t6-/m0/s1. The molecule has 3 nitrogen and oxygen atoms in total. The van der Waals surface area contributed by atoms with Gasteiger partial charge in [-0.3, -0.25) is 0 Å². The molecule has 1 aromatic heterocycles. The van der Waals surface area contributed by atoms with Gasteiger partial charge < -0.3 is 16.5 Å². The Bertz CT molecular complexity index is 204. The molecule has 0 amide bonds. The minimum atomic E-state index is 0.0752. The van der Waals surface area contributed by atoms with Crippen molar-refractivity contribution in [2.45, 2.75) is 19.4 Å². The van der Waals surface area contributed by atoms with Gasteiger partial charge in [-0.05, 0) is 6.42 Å². The molecule has 0 radical (unpaired) electrons. The molecule has 0 aliphatic heterocycles. The molecule has 10 heavy (non-hydrogen) atoms. The number of aromatic nitrogens is 1. The third-order valence-electron chi connectivity index (χ3n) is 1.65. The van der Waals surface area contributed by atoms with Gasteiger partial charge in [0.25, 0.3) is 0 Å². The van der Waals surface area contributed by atoms with Gasteiger partial charge in [0.2, 0.25) is 0 Å². The molecule has 0 aliphatic carbocycles. The molecule has 0 saturated carbocycles. The van der Waals surface area contributed by atoms with Crippen LogP contribution in [0, 0.1) is 0 Å². The normalized spacial score (nSPS) is 13.4. The lowest BCUT2D eigenvalue weighted by atomic mass is 10.1. The summed E-state index contributed by atoms with van der Waals surface area (Å²) in [5, 5.41) is 0. The highest BCUT2D eigenvalue weighted by Gasteiger charge is 2.06. The highest BCUT2D eigenvalue weighted by molar-refractivity contribution is 5.46. The number of aromatic amines is 1. The van der Waals surface area contributed by atoms with Crippen LogP contribution in [0.3, 0.4) is 0 Å². The van der Waals surface area contributed by atoms with Crippen molar-refractivity contribution in [3.63, 3.8) is 0 Å². The van der Waals surface area contributed by atoms with Crippen LogP contribution in [0.1, 0.15) is 24.9 Å². The van der Waals surface area contributed by atoms with Crippen LogP contribution in [0.25, 0.3) is 0 Å². The fourth-order valence-electron chi connectivity index (χ4n) is 0.929. The number of nitrogens with one attached hydrogen (secondary N) is 1. The molecular weight excluding hydrogens is 126 g/mol.